The molecule has 106 valence electrons. The number of hydrogen-bond acceptors (Lipinski definition) is 5. The summed E-state index contributed by atoms with van der Waals surface area (Å²) in [7, 11) is 0. The third kappa shape index (κ3) is 2.97. The molecule has 0 fully saturated rings. The van der Waals surface area contributed by atoms with Crippen molar-refractivity contribution in [3.8, 4) is 11.6 Å². The fourth-order valence-electron chi connectivity index (χ4n) is 2.04. The number of carbonyl (C=O) groups excluding carboxylic acids is 1. The Morgan fingerprint density at radius 1 is 1.29 bits per heavy atom. The van der Waals surface area contributed by atoms with Gasteiger partial charge in [0.15, 0.2) is 0 Å². The largest absolute Gasteiger partial charge is 0.437 e. The van der Waals surface area contributed by atoms with Crippen LogP contribution >= 0.6 is 12.2 Å². The molecule has 0 spiro atoms. The highest BCUT2D eigenvalue weighted by atomic mass is 32.1. The first kappa shape index (κ1) is 13.4. The summed E-state index contributed by atoms with van der Waals surface area (Å²) in [4.78, 5) is 19.7. The Kier molecular flexibility index (Phi) is 3.49. The monoisotopic (exact) mass is 300 g/mol. The van der Waals surface area contributed by atoms with Crippen LogP contribution in [0.3, 0.4) is 0 Å². The highest BCUT2D eigenvalue weighted by Crippen LogP contribution is 2.28. The molecule has 0 atom stereocenters. The van der Waals surface area contributed by atoms with E-state index >= 15 is 0 Å². The summed E-state index contributed by atoms with van der Waals surface area (Å²) in [6.07, 6.45) is 4.12. The van der Waals surface area contributed by atoms with E-state index in [0.29, 0.717) is 30.2 Å². The molecule has 7 heteroatoms. The average Bonchev–Trinajstić information content (AvgIpc) is 2.48. The summed E-state index contributed by atoms with van der Waals surface area (Å²) in [6.45, 7) is 0. The average molecular weight is 300 g/mol. The second-order valence-corrected chi connectivity index (χ2v) is 5.01. The minimum Gasteiger partial charge on any atom is -0.437 e. The zero-order valence-corrected chi connectivity index (χ0v) is 11.8. The molecule has 0 aliphatic carbocycles. The summed E-state index contributed by atoms with van der Waals surface area (Å²) in [5, 5.41) is 2.82. The van der Waals surface area contributed by atoms with Crippen LogP contribution in [0.5, 0.6) is 11.6 Å². The van der Waals surface area contributed by atoms with E-state index in [1.54, 1.807) is 6.07 Å². The third-order valence-electron chi connectivity index (χ3n) is 3.08. The summed E-state index contributed by atoms with van der Waals surface area (Å²) < 4.78 is 5.64. The van der Waals surface area contributed by atoms with Gasteiger partial charge in [-0.05, 0) is 30.2 Å². The number of carbonyl (C=O) groups is 1. The molecule has 0 saturated carbocycles. The minimum atomic E-state index is 0.0374. The molecule has 0 bridgehead atoms. The van der Waals surface area contributed by atoms with Gasteiger partial charge in [-0.3, -0.25) is 4.79 Å². The van der Waals surface area contributed by atoms with Crippen LogP contribution in [0.1, 0.15) is 17.7 Å². The van der Waals surface area contributed by atoms with Gasteiger partial charge in [-0.25, -0.2) is 9.97 Å². The van der Waals surface area contributed by atoms with Gasteiger partial charge in [-0.2, -0.15) is 0 Å². The number of nitrogens with one attached hydrogen (secondary N) is 1. The number of hydrogen-bond donors (Lipinski definition) is 2. The smallest absolute Gasteiger partial charge is 0.237 e. The SMILES string of the molecule is NC(=S)c1cnc(Oc2ccc3c(c2)CCC(=O)N3)cn1. The topological polar surface area (TPSA) is 90.1 Å². The molecular formula is C14H12N4O2S. The number of benzene rings is 1. The molecule has 0 unspecified atom stereocenters. The predicted molar refractivity (Wildman–Crippen MR) is 81.4 cm³/mol. The number of thiocarbonyl (C=S) groups is 1. The second kappa shape index (κ2) is 5.45. The van der Waals surface area contributed by atoms with Crippen molar-refractivity contribution < 1.29 is 9.53 Å². The van der Waals surface area contributed by atoms with Gasteiger partial charge in [-0.15, -0.1) is 0 Å². The van der Waals surface area contributed by atoms with Crippen molar-refractivity contribution >= 4 is 28.8 Å². The lowest BCUT2D eigenvalue weighted by atomic mass is 10.0. The summed E-state index contributed by atoms with van der Waals surface area (Å²) in [5.41, 5.74) is 7.78. The molecule has 1 aromatic carbocycles. The first-order valence-electron chi connectivity index (χ1n) is 6.34. The molecular weight excluding hydrogens is 288 g/mol. The molecule has 0 radical (unpaired) electrons. The molecule has 21 heavy (non-hydrogen) atoms. The van der Waals surface area contributed by atoms with Gasteiger partial charge in [0.25, 0.3) is 0 Å². The van der Waals surface area contributed by atoms with E-state index in [9.17, 15) is 4.79 Å². The van der Waals surface area contributed by atoms with Crippen LogP contribution in [0.15, 0.2) is 30.6 Å². The molecule has 3 N–H and O–H groups in total. The van der Waals surface area contributed by atoms with Gasteiger partial charge >= 0.3 is 0 Å². The van der Waals surface area contributed by atoms with Gasteiger partial charge < -0.3 is 15.8 Å². The van der Waals surface area contributed by atoms with Crippen LogP contribution in [0.4, 0.5) is 5.69 Å². The lowest BCUT2D eigenvalue weighted by Gasteiger charge is -2.17. The maximum absolute atomic E-state index is 11.3. The Morgan fingerprint density at radius 3 is 2.86 bits per heavy atom. The molecule has 1 aliphatic heterocycles. The number of ether oxygens (including phenoxy) is 1. The van der Waals surface area contributed by atoms with Crippen LogP contribution in [0.25, 0.3) is 0 Å². The lowest BCUT2D eigenvalue weighted by molar-refractivity contribution is -0.116. The molecule has 1 aromatic heterocycles. The molecule has 6 nitrogen and oxygen atoms in total. The second-order valence-electron chi connectivity index (χ2n) is 4.57. The number of anilines is 1. The van der Waals surface area contributed by atoms with Crippen molar-refractivity contribution in [2.24, 2.45) is 5.73 Å². The van der Waals surface area contributed by atoms with Crippen LogP contribution < -0.4 is 15.8 Å². The van der Waals surface area contributed by atoms with E-state index in [-0.39, 0.29) is 10.9 Å². The standard InChI is InChI=1S/C14H12N4O2S/c15-14(21)11-6-17-13(7-16-11)20-9-2-3-10-8(5-9)1-4-12(19)18-10/h2-3,5-7H,1,4H2,(H2,15,21)(H,18,19). The lowest BCUT2D eigenvalue weighted by Crippen LogP contribution is -2.18. The predicted octanol–water partition coefficient (Wildman–Crippen LogP) is 1.79. The Hall–Kier alpha value is -2.54. The van der Waals surface area contributed by atoms with Gasteiger partial charge in [0.05, 0.1) is 12.4 Å². The van der Waals surface area contributed by atoms with Crippen molar-refractivity contribution in [3.05, 3.63) is 41.9 Å². The van der Waals surface area contributed by atoms with E-state index in [1.165, 1.54) is 12.4 Å². The van der Waals surface area contributed by atoms with E-state index in [4.69, 9.17) is 22.7 Å². The van der Waals surface area contributed by atoms with Crippen molar-refractivity contribution in [1.82, 2.24) is 9.97 Å². The van der Waals surface area contributed by atoms with E-state index in [1.807, 2.05) is 12.1 Å². The Bertz CT molecular complexity index is 715. The maximum atomic E-state index is 11.3. The van der Waals surface area contributed by atoms with Crippen LogP contribution in [-0.4, -0.2) is 20.9 Å². The van der Waals surface area contributed by atoms with Crippen LogP contribution in [0, 0.1) is 0 Å². The van der Waals surface area contributed by atoms with Crippen molar-refractivity contribution in [1.29, 1.82) is 0 Å². The molecule has 2 heterocycles. The van der Waals surface area contributed by atoms with Crippen LogP contribution in [-0.2, 0) is 11.2 Å². The van der Waals surface area contributed by atoms with Gasteiger partial charge in [0.2, 0.25) is 11.8 Å². The molecule has 2 aromatic rings. The number of aromatic nitrogens is 2. The highest BCUT2D eigenvalue weighted by molar-refractivity contribution is 7.80. The molecule has 0 saturated heterocycles. The summed E-state index contributed by atoms with van der Waals surface area (Å²) in [6, 6.07) is 5.48. The van der Waals surface area contributed by atoms with Gasteiger partial charge in [0, 0.05) is 12.1 Å². The zero-order chi connectivity index (χ0) is 14.8. The van der Waals surface area contributed by atoms with E-state index in [2.05, 4.69) is 15.3 Å². The van der Waals surface area contributed by atoms with Gasteiger partial charge in [0.1, 0.15) is 16.4 Å². The van der Waals surface area contributed by atoms with Gasteiger partial charge in [-0.1, -0.05) is 12.2 Å². The summed E-state index contributed by atoms with van der Waals surface area (Å²) in [5.74, 6) is 1.03. The number of rotatable bonds is 3. The fraction of sp³-hybridized carbons (Fsp3) is 0.143. The zero-order valence-electron chi connectivity index (χ0n) is 11.0. The molecule has 3 rings (SSSR count). The van der Waals surface area contributed by atoms with E-state index < -0.39 is 0 Å². The number of nitrogens with zero attached hydrogens (tertiary/aromatic N) is 2. The number of nitrogens with two attached hydrogens (primary N) is 1. The first-order valence-corrected chi connectivity index (χ1v) is 6.75. The van der Waals surface area contributed by atoms with Crippen molar-refractivity contribution in [3.63, 3.8) is 0 Å². The fourth-order valence-corrected chi connectivity index (χ4v) is 2.15. The number of aryl methyl sites for hydroxylation is 1. The van der Waals surface area contributed by atoms with E-state index in [0.717, 1.165) is 11.3 Å². The Morgan fingerprint density at radius 2 is 2.14 bits per heavy atom. The molecule has 1 aliphatic rings. The minimum absolute atomic E-state index is 0.0374. The Balaban J connectivity index is 1.79. The maximum Gasteiger partial charge on any atom is 0.237 e. The normalized spacial score (nSPS) is 13.2. The first-order chi connectivity index (χ1) is 10.1. The number of fused-ring (bicyclic) bond motifs is 1. The highest BCUT2D eigenvalue weighted by Gasteiger charge is 2.15. The quantitative estimate of drug-likeness (QED) is 0.840. The summed E-state index contributed by atoms with van der Waals surface area (Å²) >= 11 is 4.81. The van der Waals surface area contributed by atoms with Crippen molar-refractivity contribution in [2.45, 2.75) is 12.8 Å². The number of amides is 1. The van der Waals surface area contributed by atoms with Crippen molar-refractivity contribution in [2.75, 3.05) is 5.32 Å². The third-order valence-corrected chi connectivity index (χ3v) is 3.28. The molecule has 1 amide bonds. The van der Waals surface area contributed by atoms with Crippen LogP contribution in [0.2, 0.25) is 0 Å². The Labute approximate surface area is 126 Å².